The molecule has 2 saturated heterocycles. The lowest BCUT2D eigenvalue weighted by molar-refractivity contribution is 0.209. The van der Waals surface area contributed by atoms with Crippen molar-refractivity contribution in [3.05, 3.63) is 0 Å². The first-order valence-corrected chi connectivity index (χ1v) is 6.70. The molecule has 2 rings (SSSR count). The van der Waals surface area contributed by atoms with Crippen LogP contribution in [0.25, 0.3) is 0 Å². The molecule has 1 atom stereocenters. The summed E-state index contributed by atoms with van der Waals surface area (Å²) < 4.78 is 0. The zero-order chi connectivity index (χ0) is 12.1. The Morgan fingerprint density at radius 2 is 1.88 bits per heavy atom. The van der Waals surface area contributed by atoms with E-state index < -0.39 is 0 Å². The molecule has 0 bridgehead atoms. The van der Waals surface area contributed by atoms with Gasteiger partial charge < -0.3 is 20.9 Å². The molecule has 2 aliphatic rings. The smallest absolute Gasteiger partial charge is 0.315 e. The number of piperidine rings is 2. The van der Waals surface area contributed by atoms with Crippen molar-refractivity contribution in [1.82, 2.24) is 20.9 Å². The molecule has 5 heteroatoms. The van der Waals surface area contributed by atoms with Gasteiger partial charge in [-0.1, -0.05) is 0 Å². The Bertz CT molecular complexity index is 245. The molecule has 1 unspecified atom stereocenters. The van der Waals surface area contributed by atoms with Gasteiger partial charge in [0.2, 0.25) is 0 Å². The van der Waals surface area contributed by atoms with Gasteiger partial charge in [0.05, 0.1) is 0 Å². The number of hydrogen-bond donors (Lipinski definition) is 3. The number of urea groups is 1. The Morgan fingerprint density at radius 1 is 1.18 bits per heavy atom. The van der Waals surface area contributed by atoms with E-state index in [1.165, 1.54) is 0 Å². The predicted octanol–water partition coefficient (Wildman–Crippen LogP) is 0.132. The summed E-state index contributed by atoms with van der Waals surface area (Å²) >= 11 is 0. The van der Waals surface area contributed by atoms with Crippen LogP contribution < -0.4 is 16.0 Å². The van der Waals surface area contributed by atoms with Crippen LogP contribution in [-0.4, -0.2) is 56.2 Å². The Kier molecular flexibility index (Phi) is 4.62. The topological polar surface area (TPSA) is 56.4 Å². The van der Waals surface area contributed by atoms with Gasteiger partial charge in [-0.25, -0.2) is 4.79 Å². The molecule has 0 radical (unpaired) electrons. The van der Waals surface area contributed by atoms with E-state index >= 15 is 0 Å². The van der Waals surface area contributed by atoms with Crippen molar-refractivity contribution in [2.45, 2.75) is 37.8 Å². The molecule has 0 spiro atoms. The molecule has 2 fully saturated rings. The quantitative estimate of drug-likeness (QED) is 0.643. The molecule has 17 heavy (non-hydrogen) atoms. The second kappa shape index (κ2) is 6.21. The van der Waals surface area contributed by atoms with Crippen LogP contribution in [0.5, 0.6) is 0 Å². The van der Waals surface area contributed by atoms with E-state index in [1.807, 2.05) is 0 Å². The van der Waals surface area contributed by atoms with Crippen molar-refractivity contribution in [2.75, 3.05) is 33.2 Å². The summed E-state index contributed by atoms with van der Waals surface area (Å²) in [7, 11) is 2.13. The summed E-state index contributed by atoms with van der Waals surface area (Å²) in [6, 6.07) is 0.658. The van der Waals surface area contributed by atoms with Crippen LogP contribution >= 0.6 is 0 Å². The van der Waals surface area contributed by atoms with E-state index in [9.17, 15) is 4.79 Å². The average molecular weight is 240 g/mol. The van der Waals surface area contributed by atoms with Gasteiger partial charge in [-0.05, 0) is 52.4 Å². The molecule has 5 nitrogen and oxygen atoms in total. The van der Waals surface area contributed by atoms with Gasteiger partial charge in [0.25, 0.3) is 0 Å². The number of likely N-dealkylation sites (tertiary alicyclic amines) is 1. The number of hydrogen-bond acceptors (Lipinski definition) is 3. The maximum atomic E-state index is 11.8. The fraction of sp³-hybridized carbons (Fsp3) is 0.917. The Balaban J connectivity index is 1.66. The zero-order valence-corrected chi connectivity index (χ0v) is 10.7. The number of nitrogens with zero attached hydrogens (tertiary/aromatic N) is 1. The van der Waals surface area contributed by atoms with E-state index in [0.29, 0.717) is 12.1 Å². The molecule has 3 N–H and O–H groups in total. The largest absolute Gasteiger partial charge is 0.335 e. The van der Waals surface area contributed by atoms with Crippen LogP contribution in [0, 0.1) is 0 Å². The fourth-order valence-electron chi connectivity index (χ4n) is 2.54. The lowest BCUT2D eigenvalue weighted by Gasteiger charge is -2.30. The highest BCUT2D eigenvalue weighted by molar-refractivity contribution is 5.74. The van der Waals surface area contributed by atoms with Crippen LogP contribution in [0.3, 0.4) is 0 Å². The summed E-state index contributed by atoms with van der Waals surface area (Å²) in [5.74, 6) is 0. The van der Waals surface area contributed by atoms with Gasteiger partial charge >= 0.3 is 6.03 Å². The normalized spacial score (nSPS) is 27.7. The highest BCUT2D eigenvalue weighted by atomic mass is 16.2. The highest BCUT2D eigenvalue weighted by Crippen LogP contribution is 2.08. The second-order valence-corrected chi connectivity index (χ2v) is 5.24. The maximum absolute atomic E-state index is 11.8. The number of nitrogens with one attached hydrogen (secondary N) is 3. The van der Waals surface area contributed by atoms with Gasteiger partial charge in [-0.3, -0.25) is 0 Å². The molecule has 2 amide bonds. The van der Waals surface area contributed by atoms with Gasteiger partial charge in [0, 0.05) is 18.6 Å². The van der Waals surface area contributed by atoms with Crippen molar-refractivity contribution in [1.29, 1.82) is 0 Å². The van der Waals surface area contributed by atoms with E-state index in [1.54, 1.807) is 0 Å². The summed E-state index contributed by atoms with van der Waals surface area (Å²) in [5, 5.41) is 9.43. The number of amides is 2. The summed E-state index contributed by atoms with van der Waals surface area (Å²) in [5.41, 5.74) is 0. The second-order valence-electron chi connectivity index (χ2n) is 5.24. The third-order valence-electron chi connectivity index (χ3n) is 3.69. The molecule has 0 aromatic rings. The maximum Gasteiger partial charge on any atom is 0.315 e. The zero-order valence-electron chi connectivity index (χ0n) is 10.7. The van der Waals surface area contributed by atoms with E-state index in [0.717, 1.165) is 51.9 Å². The molecule has 98 valence electrons. The standard InChI is InChI=1S/C12H24N4O/c1-16-7-4-10(5-8-16)14-12(17)15-11-3-2-6-13-9-11/h10-11,13H,2-9H2,1H3,(H2,14,15,17). The van der Waals surface area contributed by atoms with Gasteiger partial charge in [0.15, 0.2) is 0 Å². The molecule has 0 aliphatic carbocycles. The highest BCUT2D eigenvalue weighted by Gasteiger charge is 2.20. The third-order valence-corrected chi connectivity index (χ3v) is 3.69. The van der Waals surface area contributed by atoms with Gasteiger partial charge in [-0.2, -0.15) is 0 Å². The summed E-state index contributed by atoms with van der Waals surface area (Å²) in [6.07, 6.45) is 4.37. The number of carbonyl (C=O) groups is 1. The van der Waals surface area contributed by atoms with Gasteiger partial charge in [-0.15, -0.1) is 0 Å². The SMILES string of the molecule is CN1CCC(NC(=O)NC2CCCNC2)CC1. The number of carbonyl (C=O) groups excluding carboxylic acids is 1. The van der Waals surface area contributed by atoms with E-state index in [2.05, 4.69) is 27.9 Å². The van der Waals surface area contributed by atoms with Crippen LogP contribution in [0.1, 0.15) is 25.7 Å². The lowest BCUT2D eigenvalue weighted by Crippen LogP contribution is -2.52. The van der Waals surface area contributed by atoms with Crippen molar-refractivity contribution >= 4 is 6.03 Å². The van der Waals surface area contributed by atoms with Gasteiger partial charge in [0.1, 0.15) is 0 Å². The first-order valence-electron chi connectivity index (χ1n) is 6.70. The molecule has 0 aromatic carbocycles. The molecular formula is C12H24N4O. The minimum Gasteiger partial charge on any atom is -0.335 e. The lowest BCUT2D eigenvalue weighted by atomic mass is 10.1. The van der Waals surface area contributed by atoms with Crippen molar-refractivity contribution in [2.24, 2.45) is 0 Å². The molecule has 2 aliphatic heterocycles. The molecule has 2 heterocycles. The third kappa shape index (κ3) is 4.16. The summed E-state index contributed by atoms with van der Waals surface area (Å²) in [4.78, 5) is 14.1. The Morgan fingerprint density at radius 3 is 2.53 bits per heavy atom. The van der Waals surface area contributed by atoms with E-state index in [4.69, 9.17) is 0 Å². The molecule has 0 aromatic heterocycles. The first kappa shape index (κ1) is 12.6. The van der Waals surface area contributed by atoms with Crippen LogP contribution in [0.2, 0.25) is 0 Å². The minimum atomic E-state index is 0.00764. The predicted molar refractivity (Wildman–Crippen MR) is 68.1 cm³/mol. The van der Waals surface area contributed by atoms with Crippen LogP contribution in [0.15, 0.2) is 0 Å². The first-order chi connectivity index (χ1) is 8.24. The fourth-order valence-corrected chi connectivity index (χ4v) is 2.54. The van der Waals surface area contributed by atoms with Crippen molar-refractivity contribution in [3.8, 4) is 0 Å². The van der Waals surface area contributed by atoms with Crippen molar-refractivity contribution in [3.63, 3.8) is 0 Å². The van der Waals surface area contributed by atoms with E-state index in [-0.39, 0.29) is 6.03 Å². The Hall–Kier alpha value is -0.810. The molecular weight excluding hydrogens is 216 g/mol. The van der Waals surface area contributed by atoms with Crippen LogP contribution in [0.4, 0.5) is 4.79 Å². The average Bonchev–Trinajstić information content (AvgIpc) is 2.33. The number of rotatable bonds is 2. The molecule has 0 saturated carbocycles. The Labute approximate surface area is 103 Å². The van der Waals surface area contributed by atoms with Crippen LogP contribution in [-0.2, 0) is 0 Å². The minimum absolute atomic E-state index is 0.00764. The monoisotopic (exact) mass is 240 g/mol. The van der Waals surface area contributed by atoms with Crippen molar-refractivity contribution < 1.29 is 4.79 Å². The summed E-state index contributed by atoms with van der Waals surface area (Å²) in [6.45, 7) is 4.14.